The van der Waals surface area contributed by atoms with Crippen LogP contribution in [-0.2, 0) is 4.74 Å². The van der Waals surface area contributed by atoms with Crippen LogP contribution in [0.2, 0.25) is 0 Å². The number of hydrogen-bond donors (Lipinski definition) is 0. The maximum atomic E-state index is 5.19. The highest BCUT2D eigenvalue weighted by Crippen LogP contribution is 2.09. The van der Waals surface area contributed by atoms with E-state index in [1.165, 1.54) is 11.1 Å². The zero-order valence-electron chi connectivity index (χ0n) is 5.98. The van der Waals surface area contributed by atoms with Gasteiger partial charge in [-0.3, -0.25) is 0 Å². The van der Waals surface area contributed by atoms with Gasteiger partial charge in [-0.25, -0.2) is 0 Å². The van der Waals surface area contributed by atoms with Crippen molar-refractivity contribution in [2.24, 2.45) is 0 Å². The van der Waals surface area contributed by atoms with Crippen molar-refractivity contribution in [1.82, 2.24) is 0 Å². The van der Waals surface area contributed by atoms with Crippen LogP contribution in [-0.4, -0.2) is 6.61 Å². The molecule has 0 saturated heterocycles. The Labute approximate surface area is 56.0 Å². The molecule has 1 heteroatoms. The second-order valence-electron chi connectivity index (χ2n) is 2.53. The molecule has 0 N–H and O–H groups in total. The molecule has 1 rings (SSSR count). The van der Waals surface area contributed by atoms with Crippen molar-refractivity contribution in [1.29, 1.82) is 0 Å². The van der Waals surface area contributed by atoms with E-state index in [0.29, 0.717) is 0 Å². The van der Waals surface area contributed by atoms with Gasteiger partial charge in [-0.05, 0) is 31.4 Å². The molecule has 0 spiro atoms. The first-order valence-electron chi connectivity index (χ1n) is 3.22. The molecule has 0 saturated carbocycles. The van der Waals surface area contributed by atoms with E-state index in [4.69, 9.17) is 4.74 Å². The highest BCUT2D eigenvalue weighted by Gasteiger charge is 1.95. The van der Waals surface area contributed by atoms with Gasteiger partial charge < -0.3 is 4.74 Å². The molecule has 0 aromatic carbocycles. The largest absolute Gasteiger partial charge is 0.497 e. The molecule has 0 bridgehead atoms. The Bertz CT molecular complexity index is 154. The van der Waals surface area contributed by atoms with Crippen molar-refractivity contribution < 1.29 is 4.74 Å². The van der Waals surface area contributed by atoms with Crippen LogP contribution >= 0.6 is 0 Å². The Morgan fingerprint density at radius 3 is 2.89 bits per heavy atom. The Hall–Kier alpha value is -0.720. The fourth-order valence-corrected chi connectivity index (χ4v) is 0.758. The Morgan fingerprint density at radius 1 is 1.33 bits per heavy atom. The minimum Gasteiger partial charge on any atom is -0.497 e. The molecule has 0 unspecified atom stereocenters. The molecular weight excluding hydrogens is 112 g/mol. The maximum absolute atomic E-state index is 5.19. The zero-order valence-corrected chi connectivity index (χ0v) is 5.98. The van der Waals surface area contributed by atoms with Crippen molar-refractivity contribution in [3.63, 3.8) is 0 Å². The molecule has 1 aliphatic rings. The van der Waals surface area contributed by atoms with Crippen LogP contribution in [0.5, 0.6) is 0 Å². The standard InChI is InChI=1S/C8H12O/c1-7-3-4-8(2)6-9-5-7/h3,6H,4-5H2,1-2H3. The average Bonchev–Trinajstić information content (AvgIpc) is 1.97. The fraction of sp³-hybridized carbons (Fsp3) is 0.500. The van der Waals surface area contributed by atoms with Crippen LogP contribution in [0.1, 0.15) is 20.3 Å². The van der Waals surface area contributed by atoms with Gasteiger partial charge in [0.1, 0.15) is 6.61 Å². The summed E-state index contributed by atoms with van der Waals surface area (Å²) < 4.78 is 5.19. The number of allylic oxidation sites excluding steroid dienone is 2. The summed E-state index contributed by atoms with van der Waals surface area (Å²) >= 11 is 0. The lowest BCUT2D eigenvalue weighted by atomic mass is 10.2. The molecular formula is C8H12O. The van der Waals surface area contributed by atoms with E-state index in [0.717, 1.165) is 13.0 Å². The smallest absolute Gasteiger partial charge is 0.108 e. The minimum absolute atomic E-state index is 0.761. The topological polar surface area (TPSA) is 9.23 Å². The van der Waals surface area contributed by atoms with E-state index in [9.17, 15) is 0 Å². The third-order valence-electron chi connectivity index (χ3n) is 1.37. The molecule has 9 heavy (non-hydrogen) atoms. The molecule has 0 fully saturated rings. The lowest BCUT2D eigenvalue weighted by Crippen LogP contribution is -1.85. The summed E-state index contributed by atoms with van der Waals surface area (Å²) in [6, 6.07) is 0. The monoisotopic (exact) mass is 124 g/mol. The Balaban J connectivity index is 2.58. The third-order valence-corrected chi connectivity index (χ3v) is 1.37. The van der Waals surface area contributed by atoms with Gasteiger partial charge in [0.2, 0.25) is 0 Å². The van der Waals surface area contributed by atoms with E-state index in [1.54, 1.807) is 0 Å². The maximum Gasteiger partial charge on any atom is 0.108 e. The van der Waals surface area contributed by atoms with Gasteiger partial charge >= 0.3 is 0 Å². The van der Waals surface area contributed by atoms with E-state index in [2.05, 4.69) is 19.9 Å². The number of ether oxygens (including phenoxy) is 1. The van der Waals surface area contributed by atoms with E-state index in [1.807, 2.05) is 6.26 Å². The van der Waals surface area contributed by atoms with Gasteiger partial charge in [-0.15, -0.1) is 0 Å². The fourth-order valence-electron chi connectivity index (χ4n) is 0.758. The predicted molar refractivity (Wildman–Crippen MR) is 38.1 cm³/mol. The van der Waals surface area contributed by atoms with E-state index in [-0.39, 0.29) is 0 Å². The van der Waals surface area contributed by atoms with Gasteiger partial charge in [0.15, 0.2) is 0 Å². The van der Waals surface area contributed by atoms with Crippen LogP contribution < -0.4 is 0 Å². The van der Waals surface area contributed by atoms with Gasteiger partial charge in [0.05, 0.1) is 6.26 Å². The van der Waals surface area contributed by atoms with Crippen LogP contribution in [0.3, 0.4) is 0 Å². The van der Waals surface area contributed by atoms with Gasteiger partial charge in [0, 0.05) is 0 Å². The molecule has 50 valence electrons. The number of rotatable bonds is 0. The summed E-state index contributed by atoms with van der Waals surface area (Å²) in [5.41, 5.74) is 2.62. The van der Waals surface area contributed by atoms with Crippen LogP contribution in [0.15, 0.2) is 23.5 Å². The molecule has 0 aliphatic carbocycles. The van der Waals surface area contributed by atoms with Crippen LogP contribution in [0, 0.1) is 0 Å². The van der Waals surface area contributed by atoms with Crippen molar-refractivity contribution in [2.75, 3.05) is 6.61 Å². The first-order valence-corrected chi connectivity index (χ1v) is 3.22. The third kappa shape index (κ3) is 1.92. The quantitative estimate of drug-likeness (QED) is 0.450. The van der Waals surface area contributed by atoms with Crippen molar-refractivity contribution in [2.45, 2.75) is 20.3 Å². The second kappa shape index (κ2) is 2.72. The van der Waals surface area contributed by atoms with Gasteiger partial charge in [-0.1, -0.05) is 6.08 Å². The first-order chi connectivity index (χ1) is 4.29. The highest BCUT2D eigenvalue weighted by atomic mass is 16.5. The molecule has 0 atom stereocenters. The van der Waals surface area contributed by atoms with Crippen LogP contribution in [0.25, 0.3) is 0 Å². The van der Waals surface area contributed by atoms with E-state index >= 15 is 0 Å². The average molecular weight is 124 g/mol. The minimum atomic E-state index is 0.761. The summed E-state index contributed by atoms with van der Waals surface area (Å²) in [6.07, 6.45) is 5.09. The zero-order chi connectivity index (χ0) is 6.69. The molecule has 0 amide bonds. The summed E-state index contributed by atoms with van der Waals surface area (Å²) in [6.45, 7) is 4.93. The molecule has 0 radical (unpaired) electrons. The van der Waals surface area contributed by atoms with Gasteiger partial charge in [-0.2, -0.15) is 0 Å². The van der Waals surface area contributed by atoms with Crippen molar-refractivity contribution in [3.8, 4) is 0 Å². The summed E-state index contributed by atoms with van der Waals surface area (Å²) in [4.78, 5) is 0. The molecule has 1 aliphatic heterocycles. The SMILES string of the molecule is CC1=COCC(C)=CC1. The molecule has 0 aromatic rings. The molecule has 1 heterocycles. The summed E-state index contributed by atoms with van der Waals surface area (Å²) in [5, 5.41) is 0. The molecule has 1 nitrogen and oxygen atoms in total. The van der Waals surface area contributed by atoms with Crippen molar-refractivity contribution in [3.05, 3.63) is 23.5 Å². The second-order valence-corrected chi connectivity index (χ2v) is 2.53. The van der Waals surface area contributed by atoms with Crippen molar-refractivity contribution >= 4 is 0 Å². The highest BCUT2D eigenvalue weighted by molar-refractivity contribution is 5.10. The summed E-state index contributed by atoms with van der Waals surface area (Å²) in [7, 11) is 0. The van der Waals surface area contributed by atoms with Crippen LogP contribution in [0.4, 0.5) is 0 Å². The van der Waals surface area contributed by atoms with Gasteiger partial charge in [0.25, 0.3) is 0 Å². The lowest BCUT2D eigenvalue weighted by Gasteiger charge is -1.95. The predicted octanol–water partition coefficient (Wildman–Crippen LogP) is 2.26. The number of hydrogen-bond acceptors (Lipinski definition) is 1. The first kappa shape index (κ1) is 6.40. The normalized spacial score (nSPS) is 19.3. The Kier molecular flexibility index (Phi) is 1.93. The lowest BCUT2D eigenvalue weighted by molar-refractivity contribution is 0.279. The Morgan fingerprint density at radius 2 is 2.11 bits per heavy atom. The summed E-state index contributed by atoms with van der Waals surface area (Å²) in [5.74, 6) is 0. The van der Waals surface area contributed by atoms with E-state index < -0.39 is 0 Å². The molecule has 0 aromatic heterocycles.